The molecule has 0 atom stereocenters. The Hall–Kier alpha value is -2.71. The molecule has 5 heteroatoms. The molecule has 0 radical (unpaired) electrons. The lowest BCUT2D eigenvalue weighted by Crippen LogP contribution is -2.11. The van der Waals surface area contributed by atoms with Crippen molar-refractivity contribution in [3.8, 4) is 17.2 Å². The van der Waals surface area contributed by atoms with Crippen molar-refractivity contribution < 1.29 is 9.90 Å². The summed E-state index contributed by atoms with van der Waals surface area (Å²) < 4.78 is 0. The van der Waals surface area contributed by atoms with Crippen LogP contribution in [-0.2, 0) is 6.54 Å². The van der Waals surface area contributed by atoms with Crippen LogP contribution in [0.15, 0.2) is 36.7 Å². The largest absolute Gasteiger partial charge is 0.478 e. The Bertz CT molecular complexity index is 705. The van der Waals surface area contributed by atoms with Gasteiger partial charge in [-0.15, -0.1) is 0 Å². The minimum Gasteiger partial charge on any atom is -0.478 e. The molecule has 2 rings (SSSR count). The molecule has 0 spiro atoms. The van der Waals surface area contributed by atoms with Crippen LogP contribution < -0.4 is 5.32 Å². The number of hydrogen-bond donors (Lipinski definition) is 2. The third kappa shape index (κ3) is 3.44. The first kappa shape index (κ1) is 14.7. The molecular formula is C16H15N3O2. The highest BCUT2D eigenvalue weighted by atomic mass is 16.4. The zero-order valence-corrected chi connectivity index (χ0v) is 11.6. The van der Waals surface area contributed by atoms with Crippen LogP contribution >= 0.6 is 0 Å². The van der Waals surface area contributed by atoms with E-state index in [4.69, 9.17) is 5.11 Å². The van der Waals surface area contributed by atoms with Gasteiger partial charge in [-0.2, -0.15) is 5.26 Å². The van der Waals surface area contributed by atoms with Crippen LogP contribution in [0.1, 0.15) is 28.4 Å². The fourth-order valence-electron chi connectivity index (χ4n) is 2.01. The minimum absolute atomic E-state index is 0.154. The Labute approximate surface area is 122 Å². The molecule has 2 aromatic rings. The summed E-state index contributed by atoms with van der Waals surface area (Å²) in [5.74, 6) is -1.02. The molecule has 0 saturated carbocycles. The van der Waals surface area contributed by atoms with Crippen LogP contribution in [0.5, 0.6) is 0 Å². The Kier molecular flexibility index (Phi) is 4.64. The van der Waals surface area contributed by atoms with E-state index in [1.54, 1.807) is 12.4 Å². The van der Waals surface area contributed by atoms with Crippen LogP contribution in [0.2, 0.25) is 0 Å². The molecule has 0 bridgehead atoms. The second kappa shape index (κ2) is 6.64. The Balaban J connectivity index is 2.47. The van der Waals surface area contributed by atoms with Crippen LogP contribution in [0.25, 0.3) is 11.1 Å². The first-order chi connectivity index (χ1) is 10.2. The number of aromatic carboxylic acids is 1. The minimum atomic E-state index is -1.02. The summed E-state index contributed by atoms with van der Waals surface area (Å²) in [6.07, 6.45) is 3.39. The smallest absolute Gasteiger partial charge is 0.335 e. The van der Waals surface area contributed by atoms with Crippen molar-refractivity contribution in [3.63, 3.8) is 0 Å². The standard InChI is InChI=1S/C16H15N3O2/c1-2-18-8-11-5-14(10-19-9-11)15-6-12(16(20)21)3-4-13(15)7-17/h3-6,9-10,18H,2,8H2,1H3,(H,20,21). The topological polar surface area (TPSA) is 86.0 Å². The molecule has 0 saturated heterocycles. The number of rotatable bonds is 5. The second-order valence-electron chi connectivity index (χ2n) is 4.54. The summed E-state index contributed by atoms with van der Waals surface area (Å²) in [7, 11) is 0. The molecule has 0 aliphatic heterocycles. The molecule has 5 nitrogen and oxygen atoms in total. The van der Waals surface area contributed by atoms with E-state index in [1.165, 1.54) is 18.2 Å². The van der Waals surface area contributed by atoms with Gasteiger partial charge in [0.05, 0.1) is 17.2 Å². The fraction of sp³-hybridized carbons (Fsp3) is 0.188. The number of carbonyl (C=O) groups is 1. The zero-order chi connectivity index (χ0) is 15.2. The zero-order valence-electron chi connectivity index (χ0n) is 11.6. The highest BCUT2D eigenvalue weighted by molar-refractivity contribution is 5.90. The summed E-state index contributed by atoms with van der Waals surface area (Å²) in [5, 5.41) is 21.5. The van der Waals surface area contributed by atoms with E-state index in [0.29, 0.717) is 17.7 Å². The number of aromatic nitrogens is 1. The molecule has 0 aliphatic rings. The van der Waals surface area contributed by atoms with Crippen LogP contribution in [0.3, 0.4) is 0 Å². The highest BCUT2D eigenvalue weighted by Crippen LogP contribution is 2.25. The van der Waals surface area contributed by atoms with Crippen molar-refractivity contribution in [1.29, 1.82) is 5.26 Å². The number of nitrogens with one attached hydrogen (secondary N) is 1. The normalized spacial score (nSPS) is 10.1. The number of nitriles is 1. The number of nitrogens with zero attached hydrogens (tertiary/aromatic N) is 2. The molecule has 0 amide bonds. The van der Waals surface area contributed by atoms with Crippen LogP contribution in [0.4, 0.5) is 0 Å². The quantitative estimate of drug-likeness (QED) is 0.879. The fourth-order valence-corrected chi connectivity index (χ4v) is 2.01. The molecule has 1 aromatic heterocycles. The molecular weight excluding hydrogens is 266 g/mol. The monoisotopic (exact) mass is 281 g/mol. The lowest BCUT2D eigenvalue weighted by Gasteiger charge is -2.08. The van der Waals surface area contributed by atoms with Gasteiger partial charge in [-0.1, -0.05) is 6.92 Å². The average Bonchev–Trinajstić information content (AvgIpc) is 2.52. The molecule has 21 heavy (non-hydrogen) atoms. The lowest BCUT2D eigenvalue weighted by atomic mass is 9.98. The molecule has 2 N–H and O–H groups in total. The predicted octanol–water partition coefficient (Wildman–Crippen LogP) is 2.43. The molecule has 106 valence electrons. The summed E-state index contributed by atoms with van der Waals surface area (Å²) in [4.78, 5) is 15.3. The van der Waals surface area contributed by atoms with Gasteiger partial charge in [-0.25, -0.2) is 4.79 Å². The number of pyridine rings is 1. The van der Waals surface area contributed by atoms with Gasteiger partial charge >= 0.3 is 5.97 Å². The first-order valence-electron chi connectivity index (χ1n) is 6.58. The third-order valence-corrected chi connectivity index (χ3v) is 3.07. The maximum atomic E-state index is 11.1. The van der Waals surface area contributed by atoms with E-state index in [0.717, 1.165) is 17.7 Å². The maximum absolute atomic E-state index is 11.1. The van der Waals surface area contributed by atoms with Crippen LogP contribution in [-0.4, -0.2) is 22.6 Å². The van der Waals surface area contributed by atoms with Gasteiger partial charge in [0, 0.05) is 30.1 Å². The van der Waals surface area contributed by atoms with Crippen molar-refractivity contribution in [3.05, 3.63) is 53.3 Å². The third-order valence-electron chi connectivity index (χ3n) is 3.07. The van der Waals surface area contributed by atoms with E-state index in [-0.39, 0.29) is 5.56 Å². The molecule has 1 aromatic carbocycles. The molecule has 0 fully saturated rings. The highest BCUT2D eigenvalue weighted by Gasteiger charge is 2.11. The van der Waals surface area contributed by atoms with Gasteiger partial charge in [0.1, 0.15) is 0 Å². The number of benzene rings is 1. The number of carboxylic acid groups (broad SMARTS) is 1. The van der Waals surface area contributed by atoms with Crippen molar-refractivity contribution in [1.82, 2.24) is 10.3 Å². The van der Waals surface area contributed by atoms with Crippen molar-refractivity contribution in [2.24, 2.45) is 0 Å². The Morgan fingerprint density at radius 2 is 2.19 bits per heavy atom. The van der Waals surface area contributed by atoms with Gasteiger partial charge in [0.2, 0.25) is 0 Å². The lowest BCUT2D eigenvalue weighted by molar-refractivity contribution is 0.0697. The predicted molar refractivity (Wildman–Crippen MR) is 78.7 cm³/mol. The maximum Gasteiger partial charge on any atom is 0.335 e. The molecule has 0 unspecified atom stereocenters. The van der Waals surface area contributed by atoms with E-state index < -0.39 is 5.97 Å². The van der Waals surface area contributed by atoms with Gasteiger partial charge in [-0.05, 0) is 36.4 Å². The van der Waals surface area contributed by atoms with Crippen molar-refractivity contribution in [2.75, 3.05) is 6.54 Å². The average molecular weight is 281 g/mol. The summed E-state index contributed by atoms with van der Waals surface area (Å²) in [6, 6.07) is 8.46. The van der Waals surface area contributed by atoms with Crippen molar-refractivity contribution in [2.45, 2.75) is 13.5 Å². The summed E-state index contributed by atoms with van der Waals surface area (Å²) >= 11 is 0. The molecule has 1 heterocycles. The van der Waals surface area contributed by atoms with Gasteiger partial charge in [0.25, 0.3) is 0 Å². The first-order valence-corrected chi connectivity index (χ1v) is 6.58. The van der Waals surface area contributed by atoms with Gasteiger partial charge in [0.15, 0.2) is 0 Å². The van der Waals surface area contributed by atoms with E-state index in [2.05, 4.69) is 16.4 Å². The molecule has 0 aliphatic carbocycles. The number of carboxylic acids is 1. The Morgan fingerprint density at radius 1 is 1.38 bits per heavy atom. The summed E-state index contributed by atoms with van der Waals surface area (Å²) in [5.41, 5.74) is 2.90. The van der Waals surface area contributed by atoms with Crippen molar-refractivity contribution >= 4 is 5.97 Å². The SMILES string of the molecule is CCNCc1cncc(-c2cc(C(=O)O)ccc2C#N)c1. The number of hydrogen-bond acceptors (Lipinski definition) is 4. The van der Waals surface area contributed by atoms with E-state index in [9.17, 15) is 10.1 Å². The van der Waals surface area contributed by atoms with E-state index >= 15 is 0 Å². The van der Waals surface area contributed by atoms with Crippen LogP contribution in [0, 0.1) is 11.3 Å². The Morgan fingerprint density at radius 3 is 2.86 bits per heavy atom. The van der Waals surface area contributed by atoms with Gasteiger partial charge in [-0.3, -0.25) is 4.98 Å². The van der Waals surface area contributed by atoms with Gasteiger partial charge < -0.3 is 10.4 Å². The second-order valence-corrected chi connectivity index (χ2v) is 4.54. The summed E-state index contributed by atoms with van der Waals surface area (Å²) in [6.45, 7) is 3.54. The van der Waals surface area contributed by atoms with E-state index in [1.807, 2.05) is 13.0 Å².